The van der Waals surface area contributed by atoms with E-state index >= 15 is 0 Å². The Labute approximate surface area is 213 Å². The van der Waals surface area contributed by atoms with Crippen LogP contribution < -0.4 is 16.1 Å². The van der Waals surface area contributed by atoms with E-state index in [-0.39, 0.29) is 17.4 Å². The van der Waals surface area contributed by atoms with Gasteiger partial charge in [0.15, 0.2) is 0 Å². The van der Waals surface area contributed by atoms with Crippen molar-refractivity contribution in [3.8, 4) is 6.07 Å². The van der Waals surface area contributed by atoms with Crippen LogP contribution in [0.2, 0.25) is 0 Å². The number of esters is 1. The Morgan fingerprint density at radius 3 is 2.61 bits per heavy atom. The van der Waals surface area contributed by atoms with Crippen molar-refractivity contribution in [2.75, 3.05) is 31.0 Å². The molecular weight excluding hydrogens is 457 g/mol. The van der Waals surface area contributed by atoms with Crippen molar-refractivity contribution in [3.05, 3.63) is 35.0 Å². The van der Waals surface area contributed by atoms with Crippen molar-refractivity contribution in [3.63, 3.8) is 0 Å². The molecule has 0 radical (unpaired) electrons. The van der Waals surface area contributed by atoms with Gasteiger partial charge in [0.05, 0.1) is 24.7 Å². The number of aromatic nitrogens is 2. The fraction of sp³-hybridized carbons (Fsp3) is 0.538. The zero-order valence-corrected chi connectivity index (χ0v) is 21.7. The predicted octanol–water partition coefficient (Wildman–Crippen LogP) is 3.89. The highest BCUT2D eigenvalue weighted by atomic mass is 16.6. The van der Waals surface area contributed by atoms with Crippen molar-refractivity contribution in [2.45, 2.75) is 59.4 Å². The lowest BCUT2D eigenvalue weighted by atomic mass is 9.71. The number of rotatable bonds is 6. The van der Waals surface area contributed by atoms with E-state index < -0.39 is 13.1 Å². The van der Waals surface area contributed by atoms with Crippen LogP contribution in [-0.2, 0) is 14.0 Å². The fourth-order valence-corrected chi connectivity index (χ4v) is 4.73. The van der Waals surface area contributed by atoms with E-state index in [2.05, 4.69) is 40.5 Å². The van der Waals surface area contributed by atoms with Gasteiger partial charge in [0.2, 0.25) is 5.95 Å². The van der Waals surface area contributed by atoms with Gasteiger partial charge in [-0.3, -0.25) is 0 Å². The Kier molecular flexibility index (Phi) is 7.81. The summed E-state index contributed by atoms with van der Waals surface area (Å²) in [5.74, 6) is 0.591. The van der Waals surface area contributed by atoms with Gasteiger partial charge in [-0.05, 0) is 49.8 Å². The molecule has 1 saturated carbocycles. The van der Waals surface area contributed by atoms with Gasteiger partial charge >= 0.3 is 13.1 Å². The van der Waals surface area contributed by atoms with E-state index in [1.807, 2.05) is 19.9 Å². The third-order valence-corrected chi connectivity index (χ3v) is 6.76. The molecule has 1 saturated heterocycles. The first-order valence-corrected chi connectivity index (χ1v) is 12.4. The highest BCUT2D eigenvalue weighted by molar-refractivity contribution is 6.63. The molecule has 2 fully saturated rings. The van der Waals surface area contributed by atoms with Gasteiger partial charge in [0.1, 0.15) is 5.82 Å². The number of methoxy groups -OCH3 is 1. The average Bonchev–Trinajstić information content (AvgIpc) is 2.86. The molecule has 1 aromatic carbocycles. The van der Waals surface area contributed by atoms with E-state index in [1.165, 1.54) is 7.11 Å². The van der Waals surface area contributed by atoms with Crippen molar-refractivity contribution >= 4 is 36.0 Å². The summed E-state index contributed by atoms with van der Waals surface area (Å²) >= 11 is 0. The predicted molar refractivity (Wildman–Crippen MR) is 139 cm³/mol. The van der Waals surface area contributed by atoms with E-state index in [1.54, 1.807) is 12.3 Å². The smallest absolute Gasteiger partial charge is 0.465 e. The van der Waals surface area contributed by atoms with Crippen LogP contribution in [0.25, 0.3) is 0 Å². The first kappa shape index (κ1) is 25.9. The Morgan fingerprint density at radius 2 is 1.92 bits per heavy atom. The summed E-state index contributed by atoms with van der Waals surface area (Å²) < 4.78 is 17.0. The second-order valence-corrected chi connectivity index (χ2v) is 10.5. The van der Waals surface area contributed by atoms with Crippen molar-refractivity contribution in [2.24, 2.45) is 11.3 Å². The number of ether oxygens (including phenoxy) is 1. The van der Waals surface area contributed by atoms with Gasteiger partial charge in [0, 0.05) is 42.1 Å². The lowest BCUT2D eigenvalue weighted by Crippen LogP contribution is -2.50. The quantitative estimate of drug-likeness (QED) is 0.458. The van der Waals surface area contributed by atoms with Gasteiger partial charge in [0.25, 0.3) is 0 Å². The fourth-order valence-electron chi connectivity index (χ4n) is 4.73. The normalized spacial score (nSPS) is 21.4. The molecule has 2 aromatic rings. The topological polar surface area (TPSA) is 118 Å². The SMILES string of the molecule is COC(=O)c1cc(Nc2ncc(C)c(NC3CCCCC3C#N)n2)cc(C)c1B1OCC(C)(C)CO1. The third-order valence-electron chi connectivity index (χ3n) is 6.76. The Morgan fingerprint density at radius 1 is 1.19 bits per heavy atom. The number of hydrogen-bond acceptors (Lipinski definition) is 9. The summed E-state index contributed by atoms with van der Waals surface area (Å²) in [5.41, 5.74) is 3.32. The maximum absolute atomic E-state index is 12.7. The Bertz CT molecular complexity index is 1160. The minimum atomic E-state index is -0.642. The number of aryl methyl sites for hydroxylation is 2. The average molecular weight is 491 g/mol. The molecule has 0 bridgehead atoms. The number of benzene rings is 1. The van der Waals surface area contributed by atoms with E-state index in [4.69, 9.17) is 14.0 Å². The number of hydrogen-bond donors (Lipinski definition) is 2. The first-order chi connectivity index (χ1) is 17.2. The molecule has 2 unspecified atom stereocenters. The van der Waals surface area contributed by atoms with Gasteiger partial charge in [-0.2, -0.15) is 10.2 Å². The van der Waals surface area contributed by atoms with Crippen molar-refractivity contribution in [1.82, 2.24) is 9.97 Å². The van der Waals surface area contributed by atoms with E-state index in [9.17, 15) is 10.1 Å². The van der Waals surface area contributed by atoms with Crippen LogP contribution in [0.4, 0.5) is 17.5 Å². The molecule has 0 spiro atoms. The molecule has 9 nitrogen and oxygen atoms in total. The number of carbonyl (C=O) groups is 1. The maximum atomic E-state index is 12.7. The van der Waals surface area contributed by atoms with Crippen LogP contribution in [0.1, 0.15) is 61.0 Å². The molecule has 0 amide bonds. The monoisotopic (exact) mass is 491 g/mol. The highest BCUT2D eigenvalue weighted by Gasteiger charge is 2.37. The van der Waals surface area contributed by atoms with Gasteiger partial charge in [-0.15, -0.1) is 0 Å². The summed E-state index contributed by atoms with van der Waals surface area (Å²) in [5, 5.41) is 16.2. The van der Waals surface area contributed by atoms with E-state index in [0.717, 1.165) is 36.8 Å². The molecule has 10 heteroatoms. The molecule has 2 heterocycles. The lowest BCUT2D eigenvalue weighted by molar-refractivity contribution is 0.0339. The maximum Gasteiger partial charge on any atom is 0.495 e. The standard InChI is InChI=1S/C26H34BN5O4/c1-16-10-19(11-20(24(33)34-5)22(16)27-35-14-26(3,4)15-36-27)30-25-29-13-17(2)23(32-25)31-21-9-7-6-8-18(21)12-28/h10-11,13,18,21H,6-9,14-15H2,1-5H3,(H2,29,30,31,32). The molecule has 36 heavy (non-hydrogen) atoms. The van der Waals surface area contributed by atoms with Crippen LogP contribution in [0.3, 0.4) is 0 Å². The summed E-state index contributed by atoms with van der Waals surface area (Å²) in [6.45, 7) is 9.05. The second kappa shape index (κ2) is 10.8. The number of nitrogens with one attached hydrogen (secondary N) is 2. The zero-order valence-electron chi connectivity index (χ0n) is 21.7. The van der Waals surface area contributed by atoms with Crippen LogP contribution in [0, 0.1) is 36.5 Å². The first-order valence-electron chi connectivity index (χ1n) is 12.4. The Hall–Kier alpha value is -3.16. The molecule has 1 aliphatic carbocycles. The molecule has 4 rings (SSSR count). The molecular formula is C26H34BN5O4. The molecule has 2 aliphatic rings. The second-order valence-electron chi connectivity index (χ2n) is 10.5. The highest BCUT2D eigenvalue weighted by Crippen LogP contribution is 2.28. The number of nitrogens with zero attached hydrogens (tertiary/aromatic N) is 3. The van der Waals surface area contributed by atoms with Crippen molar-refractivity contribution in [1.29, 1.82) is 5.26 Å². The van der Waals surface area contributed by atoms with Crippen LogP contribution in [0.5, 0.6) is 0 Å². The number of nitriles is 1. The van der Waals surface area contributed by atoms with Gasteiger partial charge in [-0.1, -0.05) is 26.7 Å². The molecule has 1 aromatic heterocycles. The van der Waals surface area contributed by atoms with E-state index in [0.29, 0.717) is 41.7 Å². The molecule has 2 N–H and O–H groups in total. The van der Waals surface area contributed by atoms with Crippen molar-refractivity contribution < 1.29 is 18.8 Å². The zero-order chi connectivity index (χ0) is 25.9. The molecule has 190 valence electrons. The third kappa shape index (κ3) is 5.80. The van der Waals surface area contributed by atoms with Crippen LogP contribution in [-0.4, -0.2) is 49.4 Å². The summed E-state index contributed by atoms with van der Waals surface area (Å²) in [7, 11) is 0.713. The lowest BCUT2D eigenvalue weighted by Gasteiger charge is -2.34. The van der Waals surface area contributed by atoms with Crippen LogP contribution >= 0.6 is 0 Å². The summed E-state index contributed by atoms with van der Waals surface area (Å²) in [6.07, 6.45) is 5.76. The number of anilines is 3. The largest absolute Gasteiger partial charge is 0.495 e. The minimum absolute atomic E-state index is 0.0304. The minimum Gasteiger partial charge on any atom is -0.465 e. The summed E-state index contributed by atoms with van der Waals surface area (Å²) in [6, 6.07) is 6.12. The molecule has 1 aliphatic heterocycles. The molecule has 2 atom stereocenters. The van der Waals surface area contributed by atoms with Gasteiger partial charge < -0.3 is 24.7 Å². The number of carbonyl (C=O) groups excluding carboxylic acids is 1. The summed E-state index contributed by atoms with van der Waals surface area (Å²) in [4.78, 5) is 21.8. The van der Waals surface area contributed by atoms with Gasteiger partial charge in [-0.25, -0.2) is 9.78 Å². The van der Waals surface area contributed by atoms with Crippen LogP contribution in [0.15, 0.2) is 18.3 Å². The Balaban J connectivity index is 1.59.